The van der Waals surface area contributed by atoms with Crippen LogP contribution in [0.3, 0.4) is 0 Å². The molecule has 34 heavy (non-hydrogen) atoms. The van der Waals surface area contributed by atoms with E-state index in [2.05, 4.69) is 10.3 Å². The Morgan fingerprint density at radius 2 is 1.68 bits per heavy atom. The third kappa shape index (κ3) is 6.04. The van der Waals surface area contributed by atoms with E-state index in [1.165, 1.54) is 4.90 Å². The van der Waals surface area contributed by atoms with Crippen molar-refractivity contribution in [3.05, 3.63) is 59.4 Å². The molecule has 1 fully saturated rings. The Balaban J connectivity index is 1.97. The number of hydrogen-bond acceptors (Lipinski definition) is 3. The van der Waals surface area contributed by atoms with Crippen LogP contribution in [0.5, 0.6) is 0 Å². The maximum Gasteiger partial charge on any atom is 0.416 e. The first kappa shape index (κ1) is 25.9. The lowest BCUT2D eigenvalue weighted by Crippen LogP contribution is -2.46. The first-order valence-electron chi connectivity index (χ1n) is 11.2. The first-order chi connectivity index (χ1) is 15.7. The van der Waals surface area contributed by atoms with Gasteiger partial charge in [-0.25, -0.2) is 8.78 Å². The van der Waals surface area contributed by atoms with Crippen LogP contribution in [0.2, 0.25) is 0 Å². The fraction of sp³-hybridized carbons (Fsp3) is 0.520. The van der Waals surface area contributed by atoms with E-state index >= 15 is 0 Å². The van der Waals surface area contributed by atoms with Crippen LogP contribution >= 0.6 is 0 Å². The van der Waals surface area contributed by atoms with Crippen molar-refractivity contribution in [1.29, 1.82) is 0 Å². The molecule has 1 aromatic carbocycles. The van der Waals surface area contributed by atoms with Crippen LogP contribution in [0.4, 0.5) is 27.6 Å². The molecule has 1 aliphatic carbocycles. The molecule has 4 nitrogen and oxygen atoms in total. The molecule has 1 heterocycles. The van der Waals surface area contributed by atoms with Crippen LogP contribution in [0, 0.1) is 0 Å². The normalized spacial score (nSPS) is 17.8. The summed E-state index contributed by atoms with van der Waals surface area (Å²) in [5, 5.41) is 2.71. The molecule has 1 amide bonds. The van der Waals surface area contributed by atoms with Gasteiger partial charge in [0.05, 0.1) is 5.56 Å². The van der Waals surface area contributed by atoms with Gasteiger partial charge in [0.2, 0.25) is 11.8 Å². The number of nitrogens with zero attached hydrogens (tertiary/aromatic N) is 2. The number of rotatable bonds is 5. The van der Waals surface area contributed by atoms with Crippen LogP contribution in [-0.2, 0) is 16.4 Å². The van der Waals surface area contributed by atoms with E-state index in [0.717, 1.165) is 24.0 Å². The predicted molar refractivity (Wildman–Crippen MR) is 121 cm³/mol. The van der Waals surface area contributed by atoms with E-state index in [9.17, 15) is 26.7 Å². The zero-order valence-electron chi connectivity index (χ0n) is 19.7. The van der Waals surface area contributed by atoms with E-state index in [1.54, 1.807) is 19.2 Å². The molecule has 1 atom stereocenters. The number of amides is 1. The second-order valence-corrected chi connectivity index (χ2v) is 9.91. The van der Waals surface area contributed by atoms with E-state index in [0.29, 0.717) is 5.69 Å². The number of carbonyl (C=O) groups excluding carboxylic acids is 1. The summed E-state index contributed by atoms with van der Waals surface area (Å²) in [5.41, 5.74) is 0.197. The predicted octanol–water partition coefficient (Wildman–Crippen LogP) is 6.27. The number of halogens is 5. The molecule has 1 aliphatic rings. The fourth-order valence-corrected chi connectivity index (χ4v) is 4.22. The van der Waals surface area contributed by atoms with Gasteiger partial charge in [-0.1, -0.05) is 32.9 Å². The van der Waals surface area contributed by atoms with E-state index in [4.69, 9.17) is 0 Å². The van der Waals surface area contributed by atoms with Crippen LogP contribution in [0.1, 0.15) is 69.2 Å². The summed E-state index contributed by atoms with van der Waals surface area (Å²) in [6.07, 6.45) is -3.23. The van der Waals surface area contributed by atoms with Crippen molar-refractivity contribution in [2.45, 2.75) is 76.1 Å². The standard InChI is InChI=1S/C25H30F5N3O/c1-23(2,3)16-5-7-18(8-6-16)33(4)21(19-15-31-14-11-20(19)25(28,29)30)22(34)32-17-9-12-24(26,27)13-10-17/h5-8,11,14-15,17,21H,9-10,12-13H2,1-4H3,(H,32,34). The largest absolute Gasteiger partial charge is 0.416 e. The number of nitrogens with one attached hydrogen (secondary N) is 1. The molecular weight excluding hydrogens is 453 g/mol. The summed E-state index contributed by atoms with van der Waals surface area (Å²) in [7, 11) is 1.54. The number of anilines is 1. The number of alkyl halides is 5. The van der Waals surface area contributed by atoms with Crippen molar-refractivity contribution in [3.63, 3.8) is 0 Å². The number of carbonyl (C=O) groups is 1. The van der Waals surface area contributed by atoms with Crippen molar-refractivity contribution in [2.24, 2.45) is 0 Å². The second-order valence-electron chi connectivity index (χ2n) is 9.91. The van der Waals surface area contributed by atoms with Crippen molar-refractivity contribution in [1.82, 2.24) is 10.3 Å². The zero-order chi connectivity index (χ0) is 25.3. The quantitative estimate of drug-likeness (QED) is 0.510. The minimum absolute atomic E-state index is 0.0641. The molecule has 2 aromatic rings. The van der Waals surface area contributed by atoms with Gasteiger partial charge in [-0.2, -0.15) is 13.2 Å². The Morgan fingerprint density at radius 3 is 2.21 bits per heavy atom. The molecule has 186 valence electrons. The molecular formula is C25H30F5N3O. The van der Waals surface area contributed by atoms with Crippen LogP contribution < -0.4 is 10.2 Å². The topological polar surface area (TPSA) is 45.2 Å². The van der Waals surface area contributed by atoms with E-state index < -0.39 is 35.7 Å². The Kier molecular flexibility index (Phi) is 7.24. The van der Waals surface area contributed by atoms with Gasteiger partial charge in [-0.3, -0.25) is 9.78 Å². The van der Waals surface area contributed by atoms with Crippen LogP contribution in [-0.4, -0.2) is 29.9 Å². The minimum Gasteiger partial charge on any atom is -0.359 e. The number of pyridine rings is 1. The molecule has 0 saturated heterocycles. The van der Waals surface area contributed by atoms with Gasteiger partial charge in [0.1, 0.15) is 6.04 Å². The van der Waals surface area contributed by atoms with Gasteiger partial charge in [0, 0.05) is 49.6 Å². The molecule has 3 rings (SSSR count). The SMILES string of the molecule is CN(c1ccc(C(C)(C)C)cc1)C(C(=O)NC1CCC(F)(F)CC1)c1cnccc1C(F)(F)F. The highest BCUT2D eigenvalue weighted by molar-refractivity contribution is 5.87. The minimum atomic E-state index is -4.69. The molecule has 9 heteroatoms. The molecule has 0 bridgehead atoms. The highest BCUT2D eigenvalue weighted by atomic mass is 19.4. The maximum atomic E-state index is 13.8. The number of aromatic nitrogens is 1. The van der Waals surface area contributed by atoms with Crippen LogP contribution in [0.15, 0.2) is 42.7 Å². The summed E-state index contributed by atoms with van der Waals surface area (Å²) in [4.78, 5) is 18.7. The highest BCUT2D eigenvalue weighted by Crippen LogP contribution is 2.38. The Labute approximate surface area is 196 Å². The number of benzene rings is 1. The van der Waals surface area contributed by atoms with E-state index in [-0.39, 0.29) is 36.7 Å². The van der Waals surface area contributed by atoms with Gasteiger partial charge >= 0.3 is 6.18 Å². The number of hydrogen-bond donors (Lipinski definition) is 1. The van der Waals surface area contributed by atoms with Gasteiger partial charge in [-0.05, 0) is 42.0 Å². The maximum absolute atomic E-state index is 13.8. The van der Waals surface area contributed by atoms with Crippen LogP contribution in [0.25, 0.3) is 0 Å². The number of likely N-dealkylation sites (N-methyl/N-ethyl adjacent to an activating group) is 1. The summed E-state index contributed by atoms with van der Waals surface area (Å²) < 4.78 is 68.5. The fourth-order valence-electron chi connectivity index (χ4n) is 4.22. The molecule has 1 unspecified atom stereocenters. The van der Waals surface area contributed by atoms with Crippen molar-refractivity contribution in [2.75, 3.05) is 11.9 Å². The van der Waals surface area contributed by atoms with Gasteiger partial charge in [0.15, 0.2) is 0 Å². The lowest BCUT2D eigenvalue weighted by Gasteiger charge is -2.34. The Morgan fingerprint density at radius 1 is 1.09 bits per heavy atom. The molecule has 0 radical (unpaired) electrons. The van der Waals surface area contributed by atoms with Crippen molar-refractivity contribution in [3.8, 4) is 0 Å². The molecule has 1 N–H and O–H groups in total. The average Bonchev–Trinajstić information content (AvgIpc) is 2.74. The van der Waals surface area contributed by atoms with Gasteiger partial charge in [-0.15, -0.1) is 0 Å². The molecule has 1 saturated carbocycles. The average molecular weight is 484 g/mol. The van der Waals surface area contributed by atoms with Gasteiger partial charge in [0.25, 0.3) is 0 Å². The summed E-state index contributed by atoms with van der Waals surface area (Å²) >= 11 is 0. The zero-order valence-corrected chi connectivity index (χ0v) is 19.7. The summed E-state index contributed by atoms with van der Waals surface area (Å²) in [5.74, 6) is -3.46. The third-order valence-electron chi connectivity index (χ3n) is 6.29. The molecule has 1 aromatic heterocycles. The van der Waals surface area contributed by atoms with Crippen molar-refractivity contribution >= 4 is 11.6 Å². The third-order valence-corrected chi connectivity index (χ3v) is 6.29. The van der Waals surface area contributed by atoms with E-state index in [1.807, 2.05) is 32.9 Å². The van der Waals surface area contributed by atoms with Gasteiger partial charge < -0.3 is 10.2 Å². The second kappa shape index (κ2) is 9.50. The lowest BCUT2D eigenvalue weighted by atomic mass is 9.87. The first-order valence-corrected chi connectivity index (χ1v) is 11.2. The van der Waals surface area contributed by atoms with Crippen molar-refractivity contribution < 1.29 is 26.7 Å². The molecule has 0 spiro atoms. The molecule has 0 aliphatic heterocycles. The Bertz CT molecular complexity index is 989. The highest BCUT2D eigenvalue weighted by Gasteiger charge is 2.40. The summed E-state index contributed by atoms with van der Waals surface area (Å²) in [6.45, 7) is 6.13. The monoisotopic (exact) mass is 483 g/mol. The summed E-state index contributed by atoms with van der Waals surface area (Å²) in [6, 6.07) is 6.21. The Hall–Kier alpha value is -2.71. The smallest absolute Gasteiger partial charge is 0.359 e. The lowest BCUT2D eigenvalue weighted by molar-refractivity contribution is -0.138.